The van der Waals surface area contributed by atoms with Crippen molar-refractivity contribution in [1.82, 2.24) is 4.90 Å². The smallest absolute Gasteiger partial charge is 0.263 e. The number of hydrogen-bond acceptors (Lipinski definition) is 3. The zero-order valence-electron chi connectivity index (χ0n) is 13.5. The Morgan fingerprint density at radius 1 is 1.39 bits per heavy atom. The van der Waals surface area contributed by atoms with Crippen LogP contribution in [-0.4, -0.2) is 36.0 Å². The summed E-state index contributed by atoms with van der Waals surface area (Å²) in [6.07, 6.45) is -0.0358. The fourth-order valence-corrected chi connectivity index (χ4v) is 2.62. The van der Waals surface area contributed by atoms with Crippen LogP contribution in [-0.2, 0) is 4.79 Å². The van der Waals surface area contributed by atoms with Crippen molar-refractivity contribution in [3.05, 3.63) is 29.8 Å². The van der Waals surface area contributed by atoms with E-state index in [1.807, 2.05) is 13.8 Å². The van der Waals surface area contributed by atoms with E-state index in [1.165, 1.54) is 6.07 Å². The highest BCUT2D eigenvalue weighted by atomic mass is 35.5. The summed E-state index contributed by atoms with van der Waals surface area (Å²) < 4.78 is 31.5. The Labute approximate surface area is 141 Å². The number of rotatable bonds is 3. The molecule has 130 valence electrons. The fraction of sp³-hybridized carbons (Fsp3) is 0.562. The first-order valence-corrected chi connectivity index (χ1v) is 7.37. The van der Waals surface area contributed by atoms with Crippen molar-refractivity contribution in [1.29, 1.82) is 0 Å². The van der Waals surface area contributed by atoms with E-state index in [-0.39, 0.29) is 35.5 Å². The first kappa shape index (κ1) is 19.6. The molecule has 0 aliphatic carbocycles. The van der Waals surface area contributed by atoms with Gasteiger partial charge in [0, 0.05) is 25.2 Å². The van der Waals surface area contributed by atoms with Gasteiger partial charge in [0.15, 0.2) is 17.7 Å². The molecule has 1 amide bonds. The van der Waals surface area contributed by atoms with Crippen molar-refractivity contribution < 1.29 is 18.3 Å². The molecule has 1 saturated heterocycles. The van der Waals surface area contributed by atoms with E-state index in [9.17, 15) is 13.6 Å². The number of halogens is 3. The van der Waals surface area contributed by atoms with Gasteiger partial charge in [0.05, 0.1) is 0 Å². The van der Waals surface area contributed by atoms with E-state index >= 15 is 0 Å². The fourth-order valence-electron chi connectivity index (χ4n) is 2.62. The first-order valence-electron chi connectivity index (χ1n) is 7.37. The highest BCUT2D eigenvalue weighted by molar-refractivity contribution is 5.85. The van der Waals surface area contributed by atoms with Crippen LogP contribution in [0.5, 0.6) is 5.75 Å². The number of amides is 1. The van der Waals surface area contributed by atoms with Crippen LogP contribution in [0.15, 0.2) is 18.2 Å². The molecule has 23 heavy (non-hydrogen) atoms. The standard InChI is InChI=1S/C16H22F2N2O2.ClH/c1-10(22-11-4-5-12(17)13(18)8-11)15(21)20-7-6-14(19)16(2,3)9-20;/h4-5,8,10,14H,6-7,9,19H2,1-3H3;1H. The molecule has 1 aromatic carbocycles. The van der Waals surface area contributed by atoms with Gasteiger partial charge >= 0.3 is 0 Å². The number of likely N-dealkylation sites (tertiary alicyclic amines) is 1. The van der Waals surface area contributed by atoms with Crippen LogP contribution in [0, 0.1) is 17.0 Å². The van der Waals surface area contributed by atoms with Crippen LogP contribution in [0.2, 0.25) is 0 Å². The summed E-state index contributed by atoms with van der Waals surface area (Å²) in [5, 5.41) is 0. The van der Waals surface area contributed by atoms with Crippen LogP contribution in [0.3, 0.4) is 0 Å². The second-order valence-electron chi connectivity index (χ2n) is 6.48. The normalized spacial score (nSPS) is 21.3. The average Bonchev–Trinajstić information content (AvgIpc) is 2.45. The van der Waals surface area contributed by atoms with Gasteiger partial charge in [-0.3, -0.25) is 4.79 Å². The molecule has 0 saturated carbocycles. The maximum absolute atomic E-state index is 13.2. The summed E-state index contributed by atoms with van der Waals surface area (Å²) in [7, 11) is 0. The van der Waals surface area contributed by atoms with Crippen LogP contribution in [0.1, 0.15) is 27.2 Å². The second kappa shape index (κ2) is 7.45. The summed E-state index contributed by atoms with van der Waals surface area (Å²) in [6.45, 7) is 6.79. The van der Waals surface area contributed by atoms with E-state index < -0.39 is 17.7 Å². The van der Waals surface area contributed by atoms with Gasteiger partial charge in [0.25, 0.3) is 5.91 Å². The van der Waals surface area contributed by atoms with E-state index in [4.69, 9.17) is 10.5 Å². The third-order valence-electron chi connectivity index (χ3n) is 4.18. The molecule has 0 aromatic heterocycles. The Balaban J connectivity index is 0.00000264. The van der Waals surface area contributed by atoms with Crippen molar-refractivity contribution in [2.75, 3.05) is 13.1 Å². The molecule has 1 heterocycles. The van der Waals surface area contributed by atoms with Crippen molar-refractivity contribution in [3.8, 4) is 5.75 Å². The first-order chi connectivity index (χ1) is 10.2. The Morgan fingerprint density at radius 2 is 2.04 bits per heavy atom. The molecular formula is C16H23ClF2N2O2. The van der Waals surface area contributed by atoms with E-state index in [0.717, 1.165) is 18.6 Å². The number of piperidine rings is 1. The van der Waals surface area contributed by atoms with Gasteiger partial charge in [0.1, 0.15) is 5.75 Å². The molecule has 0 radical (unpaired) electrons. The monoisotopic (exact) mass is 348 g/mol. The van der Waals surface area contributed by atoms with Gasteiger partial charge in [-0.05, 0) is 30.9 Å². The molecule has 2 unspecified atom stereocenters. The Morgan fingerprint density at radius 3 is 2.61 bits per heavy atom. The molecule has 1 fully saturated rings. The molecule has 7 heteroatoms. The van der Waals surface area contributed by atoms with Gasteiger partial charge < -0.3 is 15.4 Å². The van der Waals surface area contributed by atoms with Gasteiger partial charge in [-0.1, -0.05) is 13.8 Å². The maximum Gasteiger partial charge on any atom is 0.263 e. The van der Waals surface area contributed by atoms with E-state index in [2.05, 4.69) is 0 Å². The molecule has 1 aliphatic rings. The summed E-state index contributed by atoms with van der Waals surface area (Å²) >= 11 is 0. The number of nitrogens with two attached hydrogens (primary N) is 1. The highest BCUT2D eigenvalue weighted by Gasteiger charge is 2.36. The summed E-state index contributed by atoms with van der Waals surface area (Å²) in [5.74, 6) is -1.99. The number of ether oxygens (including phenoxy) is 1. The topological polar surface area (TPSA) is 55.6 Å². The quantitative estimate of drug-likeness (QED) is 0.913. The second-order valence-corrected chi connectivity index (χ2v) is 6.48. The molecule has 1 aliphatic heterocycles. The Kier molecular flexibility index (Phi) is 6.36. The van der Waals surface area contributed by atoms with Crippen LogP contribution in [0.4, 0.5) is 8.78 Å². The molecule has 2 rings (SSSR count). The van der Waals surface area contributed by atoms with Crippen molar-refractivity contribution in [3.63, 3.8) is 0 Å². The van der Waals surface area contributed by atoms with Crippen molar-refractivity contribution in [2.45, 2.75) is 39.3 Å². The lowest BCUT2D eigenvalue weighted by Gasteiger charge is -2.43. The molecular weight excluding hydrogens is 326 g/mol. The number of carbonyl (C=O) groups is 1. The minimum atomic E-state index is -0.998. The minimum absolute atomic E-state index is 0. The van der Waals surface area contributed by atoms with Crippen molar-refractivity contribution >= 4 is 18.3 Å². The number of nitrogens with zero attached hydrogens (tertiary/aromatic N) is 1. The zero-order valence-corrected chi connectivity index (χ0v) is 14.3. The Hall–Kier alpha value is -1.40. The Bertz CT molecular complexity index is 569. The minimum Gasteiger partial charge on any atom is -0.481 e. The molecule has 2 atom stereocenters. The summed E-state index contributed by atoms with van der Waals surface area (Å²) in [6, 6.07) is 3.28. The van der Waals surface area contributed by atoms with Gasteiger partial charge in [0.2, 0.25) is 0 Å². The maximum atomic E-state index is 13.2. The van der Waals surface area contributed by atoms with Gasteiger partial charge in [-0.15, -0.1) is 12.4 Å². The molecule has 0 spiro atoms. The van der Waals surface area contributed by atoms with E-state index in [0.29, 0.717) is 13.1 Å². The average molecular weight is 349 g/mol. The van der Waals surface area contributed by atoms with Gasteiger partial charge in [-0.25, -0.2) is 8.78 Å². The SMILES string of the molecule is CC(Oc1ccc(F)c(F)c1)C(=O)N1CCC(N)C(C)(C)C1.Cl. The number of benzene rings is 1. The lowest BCUT2D eigenvalue weighted by Crippen LogP contribution is -2.56. The predicted octanol–water partition coefficient (Wildman–Crippen LogP) is 2.74. The van der Waals surface area contributed by atoms with E-state index in [1.54, 1.807) is 11.8 Å². The van der Waals surface area contributed by atoms with Crippen LogP contribution in [0.25, 0.3) is 0 Å². The number of hydrogen-bond donors (Lipinski definition) is 1. The highest BCUT2D eigenvalue weighted by Crippen LogP contribution is 2.28. The lowest BCUT2D eigenvalue weighted by molar-refractivity contribution is -0.141. The van der Waals surface area contributed by atoms with Gasteiger partial charge in [-0.2, -0.15) is 0 Å². The molecule has 2 N–H and O–H groups in total. The third kappa shape index (κ3) is 4.54. The van der Waals surface area contributed by atoms with Crippen molar-refractivity contribution in [2.24, 2.45) is 11.1 Å². The van der Waals surface area contributed by atoms with Crippen LogP contribution >= 0.6 is 12.4 Å². The summed E-state index contributed by atoms with van der Waals surface area (Å²) in [5.41, 5.74) is 5.90. The summed E-state index contributed by atoms with van der Waals surface area (Å²) in [4.78, 5) is 14.2. The molecule has 1 aromatic rings. The number of carbonyl (C=O) groups excluding carboxylic acids is 1. The third-order valence-corrected chi connectivity index (χ3v) is 4.18. The molecule has 0 bridgehead atoms. The lowest BCUT2D eigenvalue weighted by atomic mass is 9.79. The molecule has 4 nitrogen and oxygen atoms in total. The zero-order chi connectivity index (χ0) is 16.5. The van der Waals surface area contributed by atoms with Crippen LogP contribution < -0.4 is 10.5 Å². The predicted molar refractivity (Wildman–Crippen MR) is 86.6 cm³/mol. The largest absolute Gasteiger partial charge is 0.481 e.